The van der Waals surface area contributed by atoms with Gasteiger partial charge in [0.05, 0.1) is 11.8 Å². The molecule has 3 heterocycles. The second-order valence-electron chi connectivity index (χ2n) is 6.97. The molecule has 2 amide bonds. The first kappa shape index (κ1) is 17.9. The Balaban J connectivity index is 1.76. The minimum atomic E-state index is -0.221. The van der Waals surface area contributed by atoms with E-state index in [1.54, 1.807) is 0 Å². The van der Waals surface area contributed by atoms with Gasteiger partial charge in [-0.2, -0.15) is 0 Å². The van der Waals surface area contributed by atoms with Crippen LogP contribution in [0.25, 0.3) is 0 Å². The second-order valence-corrected chi connectivity index (χ2v) is 6.97. The topological polar surface area (TPSA) is 85.2 Å². The van der Waals surface area contributed by atoms with Gasteiger partial charge in [-0.1, -0.05) is 6.92 Å². The van der Waals surface area contributed by atoms with Crippen molar-refractivity contribution >= 4 is 11.8 Å². The van der Waals surface area contributed by atoms with Gasteiger partial charge in [0.25, 0.3) is 11.8 Å². The standard InChI is InChI=1S/C18H28N4O3/c1-3-12(2)20-17(23)15-14-8-4-5-9-22(14)16(21-15)18(24)19-11-13-7-6-10-25-13/h12-13H,3-11H2,1-2H3,(H,19,24)(H,20,23). The minimum Gasteiger partial charge on any atom is -0.376 e. The molecule has 7 heteroatoms. The van der Waals surface area contributed by atoms with Crippen LogP contribution in [0.2, 0.25) is 0 Å². The van der Waals surface area contributed by atoms with E-state index in [0.29, 0.717) is 18.1 Å². The summed E-state index contributed by atoms with van der Waals surface area (Å²) < 4.78 is 7.46. The van der Waals surface area contributed by atoms with Crippen LogP contribution in [0.1, 0.15) is 72.8 Å². The van der Waals surface area contributed by atoms with Gasteiger partial charge in [0.1, 0.15) is 5.69 Å². The van der Waals surface area contributed by atoms with Gasteiger partial charge in [-0.05, 0) is 45.4 Å². The molecule has 1 aromatic heterocycles. The van der Waals surface area contributed by atoms with Crippen molar-refractivity contribution in [3.63, 3.8) is 0 Å². The van der Waals surface area contributed by atoms with E-state index in [-0.39, 0.29) is 24.0 Å². The predicted molar refractivity (Wildman–Crippen MR) is 93.7 cm³/mol. The molecule has 7 nitrogen and oxygen atoms in total. The van der Waals surface area contributed by atoms with E-state index in [0.717, 1.165) is 57.4 Å². The molecule has 2 aliphatic rings. The van der Waals surface area contributed by atoms with Crippen molar-refractivity contribution < 1.29 is 14.3 Å². The Morgan fingerprint density at radius 1 is 1.32 bits per heavy atom. The largest absolute Gasteiger partial charge is 0.376 e. The molecular formula is C18H28N4O3. The van der Waals surface area contributed by atoms with Crippen LogP contribution in [0.15, 0.2) is 0 Å². The molecule has 1 aromatic rings. The molecule has 25 heavy (non-hydrogen) atoms. The van der Waals surface area contributed by atoms with Crippen LogP contribution in [0, 0.1) is 0 Å². The third-order valence-electron chi connectivity index (χ3n) is 5.04. The van der Waals surface area contributed by atoms with Crippen LogP contribution in [-0.2, 0) is 17.7 Å². The molecule has 0 saturated carbocycles. The highest BCUT2D eigenvalue weighted by molar-refractivity contribution is 5.97. The smallest absolute Gasteiger partial charge is 0.287 e. The van der Waals surface area contributed by atoms with Crippen molar-refractivity contribution in [1.82, 2.24) is 20.2 Å². The van der Waals surface area contributed by atoms with Crippen molar-refractivity contribution in [3.8, 4) is 0 Å². The zero-order valence-electron chi connectivity index (χ0n) is 15.1. The summed E-state index contributed by atoms with van der Waals surface area (Å²) >= 11 is 0. The van der Waals surface area contributed by atoms with E-state index >= 15 is 0 Å². The number of aromatic nitrogens is 2. The molecular weight excluding hydrogens is 320 g/mol. The van der Waals surface area contributed by atoms with Crippen LogP contribution >= 0.6 is 0 Å². The fraction of sp³-hybridized carbons (Fsp3) is 0.722. The monoisotopic (exact) mass is 348 g/mol. The lowest BCUT2D eigenvalue weighted by atomic mass is 10.1. The number of fused-ring (bicyclic) bond motifs is 1. The minimum absolute atomic E-state index is 0.0882. The number of imidazole rings is 1. The van der Waals surface area contributed by atoms with Crippen molar-refractivity contribution in [3.05, 3.63) is 17.2 Å². The maximum Gasteiger partial charge on any atom is 0.287 e. The zero-order chi connectivity index (χ0) is 17.8. The average Bonchev–Trinajstić information content (AvgIpc) is 3.27. The summed E-state index contributed by atoms with van der Waals surface area (Å²) in [7, 11) is 0. The van der Waals surface area contributed by atoms with Gasteiger partial charge < -0.3 is 19.9 Å². The summed E-state index contributed by atoms with van der Waals surface area (Å²) in [5.41, 5.74) is 1.29. The highest BCUT2D eigenvalue weighted by Crippen LogP contribution is 2.21. The highest BCUT2D eigenvalue weighted by Gasteiger charge is 2.28. The van der Waals surface area contributed by atoms with Crippen molar-refractivity contribution in [2.45, 2.75) is 71.1 Å². The van der Waals surface area contributed by atoms with E-state index in [2.05, 4.69) is 15.6 Å². The SMILES string of the molecule is CCC(C)NC(=O)c1nc(C(=O)NCC2CCCO2)n2c1CCCC2. The third kappa shape index (κ3) is 4.03. The Morgan fingerprint density at radius 2 is 2.16 bits per heavy atom. The van der Waals surface area contributed by atoms with E-state index in [1.807, 2.05) is 18.4 Å². The molecule has 2 N–H and O–H groups in total. The molecule has 0 spiro atoms. The number of carbonyl (C=O) groups is 2. The number of hydrogen-bond donors (Lipinski definition) is 2. The molecule has 1 saturated heterocycles. The summed E-state index contributed by atoms with van der Waals surface area (Å²) in [5.74, 6) is -0.0542. The average molecular weight is 348 g/mol. The first-order valence-corrected chi connectivity index (χ1v) is 9.40. The summed E-state index contributed by atoms with van der Waals surface area (Å²) in [6.45, 7) is 5.99. The molecule has 2 unspecified atom stereocenters. The number of carbonyl (C=O) groups excluding carboxylic acids is 2. The lowest BCUT2D eigenvalue weighted by molar-refractivity contribution is 0.0845. The molecule has 2 aliphatic heterocycles. The first-order chi connectivity index (χ1) is 12.1. The number of nitrogens with one attached hydrogen (secondary N) is 2. The van der Waals surface area contributed by atoms with Gasteiger partial charge in [0.2, 0.25) is 0 Å². The molecule has 0 aliphatic carbocycles. The normalized spacial score (nSPS) is 20.8. The van der Waals surface area contributed by atoms with E-state index < -0.39 is 0 Å². The third-order valence-corrected chi connectivity index (χ3v) is 5.04. The zero-order valence-corrected chi connectivity index (χ0v) is 15.1. The molecule has 2 atom stereocenters. The Hall–Kier alpha value is -1.89. The fourth-order valence-electron chi connectivity index (χ4n) is 3.38. The second kappa shape index (κ2) is 7.99. The van der Waals surface area contributed by atoms with Crippen LogP contribution in [0.3, 0.4) is 0 Å². The number of hydrogen-bond acceptors (Lipinski definition) is 4. The van der Waals surface area contributed by atoms with Gasteiger partial charge in [0, 0.05) is 25.7 Å². The number of nitrogens with zero attached hydrogens (tertiary/aromatic N) is 2. The maximum atomic E-state index is 12.6. The van der Waals surface area contributed by atoms with Gasteiger partial charge in [-0.25, -0.2) is 4.98 Å². The predicted octanol–water partition coefficient (Wildman–Crippen LogP) is 1.66. The van der Waals surface area contributed by atoms with Gasteiger partial charge in [-0.15, -0.1) is 0 Å². The summed E-state index contributed by atoms with van der Waals surface area (Å²) in [6.07, 6.45) is 5.77. The van der Waals surface area contributed by atoms with Crippen LogP contribution in [0.4, 0.5) is 0 Å². The van der Waals surface area contributed by atoms with Crippen molar-refractivity contribution in [2.75, 3.05) is 13.2 Å². The summed E-state index contributed by atoms with van der Waals surface area (Å²) in [4.78, 5) is 29.6. The Morgan fingerprint density at radius 3 is 2.88 bits per heavy atom. The number of amides is 2. The first-order valence-electron chi connectivity index (χ1n) is 9.40. The van der Waals surface area contributed by atoms with Crippen molar-refractivity contribution in [2.24, 2.45) is 0 Å². The molecule has 0 bridgehead atoms. The van der Waals surface area contributed by atoms with E-state index in [1.165, 1.54) is 0 Å². The van der Waals surface area contributed by atoms with Crippen LogP contribution in [-0.4, -0.2) is 46.7 Å². The molecule has 138 valence electrons. The van der Waals surface area contributed by atoms with Gasteiger partial charge in [-0.3, -0.25) is 9.59 Å². The summed E-state index contributed by atoms with van der Waals surface area (Å²) in [5, 5.41) is 5.87. The summed E-state index contributed by atoms with van der Waals surface area (Å²) in [6, 6.07) is 0.0882. The van der Waals surface area contributed by atoms with E-state index in [4.69, 9.17) is 4.74 Å². The van der Waals surface area contributed by atoms with E-state index in [9.17, 15) is 9.59 Å². The number of ether oxygens (including phenoxy) is 1. The van der Waals surface area contributed by atoms with Gasteiger partial charge >= 0.3 is 0 Å². The highest BCUT2D eigenvalue weighted by atomic mass is 16.5. The maximum absolute atomic E-state index is 12.6. The van der Waals surface area contributed by atoms with Crippen LogP contribution < -0.4 is 10.6 Å². The lowest BCUT2D eigenvalue weighted by Gasteiger charge is -2.18. The molecule has 3 rings (SSSR count). The number of rotatable bonds is 6. The molecule has 1 fully saturated rings. The molecule has 0 radical (unpaired) electrons. The molecule has 0 aromatic carbocycles. The Bertz CT molecular complexity index is 635. The van der Waals surface area contributed by atoms with Crippen molar-refractivity contribution in [1.29, 1.82) is 0 Å². The fourth-order valence-corrected chi connectivity index (χ4v) is 3.38. The van der Waals surface area contributed by atoms with Gasteiger partial charge in [0.15, 0.2) is 5.82 Å². The van der Waals surface area contributed by atoms with Crippen LogP contribution in [0.5, 0.6) is 0 Å². The quantitative estimate of drug-likeness (QED) is 0.819. The Labute approximate surface area is 148 Å². The lowest BCUT2D eigenvalue weighted by Crippen LogP contribution is -2.34. The Kier molecular flexibility index (Phi) is 5.73.